The van der Waals surface area contributed by atoms with Gasteiger partial charge in [-0.15, -0.1) is 0 Å². The summed E-state index contributed by atoms with van der Waals surface area (Å²) in [6, 6.07) is 2.95. The van der Waals surface area contributed by atoms with Gasteiger partial charge in [0, 0.05) is 31.8 Å². The lowest BCUT2D eigenvalue weighted by atomic mass is 10.1. The van der Waals surface area contributed by atoms with Crippen LogP contribution >= 0.6 is 0 Å². The molecule has 0 aliphatic rings. The van der Waals surface area contributed by atoms with Gasteiger partial charge in [0.15, 0.2) is 0 Å². The van der Waals surface area contributed by atoms with Crippen LogP contribution in [0.4, 0.5) is 8.78 Å². The minimum Gasteiger partial charge on any atom is -0.383 e. The lowest BCUT2D eigenvalue weighted by Gasteiger charge is -2.17. The van der Waals surface area contributed by atoms with Gasteiger partial charge in [0.2, 0.25) is 0 Å². The number of halogens is 2. The van der Waals surface area contributed by atoms with E-state index in [-0.39, 0.29) is 12.1 Å². The average Bonchev–Trinajstić information content (AvgIpc) is 2.28. The molecule has 1 aromatic rings. The van der Waals surface area contributed by atoms with E-state index in [1.54, 1.807) is 7.11 Å². The second-order valence-electron chi connectivity index (χ2n) is 3.40. The Morgan fingerprint density at radius 3 is 2.81 bits per heavy atom. The highest BCUT2D eigenvalue weighted by Gasteiger charge is 2.14. The maximum absolute atomic E-state index is 13.4. The fraction of sp³-hybridized carbons (Fsp3) is 0.455. The Morgan fingerprint density at radius 2 is 2.19 bits per heavy atom. The van der Waals surface area contributed by atoms with Crippen LogP contribution in [0.25, 0.3) is 0 Å². The average molecular weight is 230 g/mol. The molecule has 90 valence electrons. The van der Waals surface area contributed by atoms with E-state index in [9.17, 15) is 8.78 Å². The van der Waals surface area contributed by atoms with Crippen molar-refractivity contribution in [2.24, 2.45) is 5.73 Å². The van der Waals surface area contributed by atoms with Gasteiger partial charge < -0.3 is 15.8 Å². The molecule has 16 heavy (non-hydrogen) atoms. The van der Waals surface area contributed by atoms with E-state index in [1.165, 1.54) is 0 Å². The zero-order valence-corrected chi connectivity index (χ0v) is 9.17. The highest BCUT2D eigenvalue weighted by atomic mass is 19.1. The summed E-state index contributed by atoms with van der Waals surface area (Å²) in [6.07, 6.45) is 0. The van der Waals surface area contributed by atoms with Crippen LogP contribution in [0.5, 0.6) is 0 Å². The number of nitrogens with two attached hydrogens (primary N) is 1. The van der Waals surface area contributed by atoms with Crippen molar-refractivity contribution < 1.29 is 13.5 Å². The van der Waals surface area contributed by atoms with Crippen molar-refractivity contribution in [3.63, 3.8) is 0 Å². The summed E-state index contributed by atoms with van der Waals surface area (Å²) >= 11 is 0. The van der Waals surface area contributed by atoms with Crippen molar-refractivity contribution in [2.75, 3.05) is 26.8 Å². The summed E-state index contributed by atoms with van der Waals surface area (Å²) in [4.78, 5) is 0. The number of nitrogens with one attached hydrogen (secondary N) is 1. The molecule has 1 aromatic carbocycles. The van der Waals surface area contributed by atoms with Crippen LogP contribution < -0.4 is 11.1 Å². The van der Waals surface area contributed by atoms with Crippen molar-refractivity contribution in [1.29, 1.82) is 0 Å². The van der Waals surface area contributed by atoms with E-state index >= 15 is 0 Å². The zero-order valence-electron chi connectivity index (χ0n) is 9.17. The van der Waals surface area contributed by atoms with Gasteiger partial charge in [0.05, 0.1) is 6.61 Å². The molecular formula is C11H16F2N2O. The van der Waals surface area contributed by atoms with Crippen molar-refractivity contribution in [2.45, 2.75) is 6.04 Å². The monoisotopic (exact) mass is 230 g/mol. The minimum atomic E-state index is -0.469. The van der Waals surface area contributed by atoms with E-state index < -0.39 is 17.7 Å². The molecule has 3 N–H and O–H groups in total. The van der Waals surface area contributed by atoms with E-state index in [2.05, 4.69) is 5.32 Å². The Kier molecular flexibility index (Phi) is 5.31. The first kappa shape index (κ1) is 13.0. The fourth-order valence-electron chi connectivity index (χ4n) is 1.44. The third-order valence-corrected chi connectivity index (χ3v) is 2.27. The summed E-state index contributed by atoms with van der Waals surface area (Å²) in [7, 11) is 1.57. The third-order valence-electron chi connectivity index (χ3n) is 2.27. The Morgan fingerprint density at radius 1 is 1.44 bits per heavy atom. The Labute approximate surface area is 93.6 Å². The molecule has 0 saturated carbocycles. The summed E-state index contributed by atoms with van der Waals surface area (Å²) in [5.41, 5.74) is 5.76. The second kappa shape index (κ2) is 6.52. The molecule has 0 amide bonds. The SMILES string of the molecule is COCCNC(CN)c1cc(F)ccc1F. The van der Waals surface area contributed by atoms with Crippen LogP contribution in [0.1, 0.15) is 11.6 Å². The number of hydrogen-bond donors (Lipinski definition) is 2. The van der Waals surface area contributed by atoms with E-state index in [4.69, 9.17) is 10.5 Å². The molecule has 3 nitrogen and oxygen atoms in total. The third kappa shape index (κ3) is 3.52. The molecular weight excluding hydrogens is 214 g/mol. The zero-order chi connectivity index (χ0) is 12.0. The topological polar surface area (TPSA) is 47.3 Å². The van der Waals surface area contributed by atoms with Crippen molar-refractivity contribution >= 4 is 0 Å². The molecule has 0 radical (unpaired) electrons. The molecule has 5 heteroatoms. The van der Waals surface area contributed by atoms with E-state index in [0.717, 1.165) is 18.2 Å². The molecule has 0 fully saturated rings. The molecule has 1 atom stereocenters. The van der Waals surface area contributed by atoms with Crippen LogP contribution in [0.3, 0.4) is 0 Å². The van der Waals surface area contributed by atoms with Crippen LogP contribution in [0.2, 0.25) is 0 Å². The standard InChI is InChI=1S/C11H16F2N2O/c1-16-5-4-15-11(7-14)9-6-8(12)2-3-10(9)13/h2-3,6,11,15H,4-5,7,14H2,1H3. The Balaban J connectivity index is 2.73. The van der Waals surface area contributed by atoms with Gasteiger partial charge in [-0.3, -0.25) is 0 Å². The first-order valence-corrected chi connectivity index (χ1v) is 5.06. The van der Waals surface area contributed by atoms with Gasteiger partial charge in [-0.05, 0) is 18.2 Å². The molecule has 1 rings (SSSR count). The lowest BCUT2D eigenvalue weighted by Crippen LogP contribution is -2.31. The van der Waals surface area contributed by atoms with Crippen LogP contribution in [0, 0.1) is 11.6 Å². The number of hydrogen-bond acceptors (Lipinski definition) is 3. The smallest absolute Gasteiger partial charge is 0.128 e. The van der Waals surface area contributed by atoms with Crippen molar-refractivity contribution in [3.8, 4) is 0 Å². The quantitative estimate of drug-likeness (QED) is 0.722. The fourth-order valence-corrected chi connectivity index (χ4v) is 1.44. The van der Waals surface area contributed by atoms with Crippen molar-refractivity contribution in [1.82, 2.24) is 5.32 Å². The lowest BCUT2D eigenvalue weighted by molar-refractivity contribution is 0.195. The van der Waals surface area contributed by atoms with Crippen molar-refractivity contribution in [3.05, 3.63) is 35.4 Å². The summed E-state index contributed by atoms with van der Waals surface area (Å²) in [5, 5.41) is 3.00. The number of rotatable bonds is 6. The largest absolute Gasteiger partial charge is 0.383 e. The molecule has 0 spiro atoms. The van der Waals surface area contributed by atoms with Gasteiger partial charge in [-0.1, -0.05) is 0 Å². The highest BCUT2D eigenvalue weighted by Crippen LogP contribution is 2.17. The number of ether oxygens (including phenoxy) is 1. The molecule has 0 aliphatic carbocycles. The van der Waals surface area contributed by atoms with Crippen LogP contribution in [0.15, 0.2) is 18.2 Å². The Hall–Kier alpha value is -1.04. The first-order valence-electron chi connectivity index (χ1n) is 5.06. The van der Waals surface area contributed by atoms with Gasteiger partial charge in [0.1, 0.15) is 11.6 Å². The molecule has 0 bridgehead atoms. The first-order chi connectivity index (χ1) is 7.69. The molecule has 0 aromatic heterocycles. The van der Waals surface area contributed by atoms with Gasteiger partial charge in [0.25, 0.3) is 0 Å². The molecule has 1 unspecified atom stereocenters. The summed E-state index contributed by atoms with van der Waals surface area (Å²) in [6.45, 7) is 1.23. The maximum atomic E-state index is 13.4. The predicted molar refractivity (Wildman–Crippen MR) is 58.0 cm³/mol. The molecule has 0 aliphatic heterocycles. The molecule has 0 heterocycles. The summed E-state index contributed by atoms with van der Waals surface area (Å²) < 4.78 is 31.3. The number of benzene rings is 1. The Bertz CT molecular complexity index is 334. The number of methoxy groups -OCH3 is 1. The van der Waals surface area contributed by atoms with Crippen LogP contribution in [-0.2, 0) is 4.74 Å². The minimum absolute atomic E-state index is 0.198. The normalized spacial score (nSPS) is 12.8. The van der Waals surface area contributed by atoms with Gasteiger partial charge in [-0.2, -0.15) is 0 Å². The van der Waals surface area contributed by atoms with Gasteiger partial charge in [-0.25, -0.2) is 8.78 Å². The van der Waals surface area contributed by atoms with Crippen LogP contribution in [-0.4, -0.2) is 26.8 Å². The van der Waals surface area contributed by atoms with E-state index in [0.29, 0.717) is 13.2 Å². The second-order valence-corrected chi connectivity index (χ2v) is 3.40. The predicted octanol–water partition coefficient (Wildman–Crippen LogP) is 1.20. The maximum Gasteiger partial charge on any atom is 0.128 e. The van der Waals surface area contributed by atoms with Gasteiger partial charge >= 0.3 is 0 Å². The molecule has 0 saturated heterocycles. The van der Waals surface area contributed by atoms with E-state index in [1.807, 2.05) is 0 Å². The summed E-state index contributed by atoms with van der Waals surface area (Å²) in [5.74, 6) is -0.926. The highest BCUT2D eigenvalue weighted by molar-refractivity contribution is 5.22.